The minimum absolute atomic E-state index is 0.114. The van der Waals surface area contributed by atoms with Crippen LogP contribution in [0.25, 0.3) is 0 Å². The van der Waals surface area contributed by atoms with Gasteiger partial charge in [0, 0.05) is 12.6 Å². The van der Waals surface area contributed by atoms with E-state index in [0.717, 1.165) is 23.7 Å². The van der Waals surface area contributed by atoms with Gasteiger partial charge in [0.25, 0.3) is 0 Å². The molecule has 2 aliphatic rings. The highest BCUT2D eigenvalue weighted by Gasteiger charge is 2.30. The van der Waals surface area contributed by atoms with Crippen LogP contribution in [0.15, 0.2) is 24.3 Å². The molecule has 4 heteroatoms. The number of nitrogens with one attached hydrogen (secondary N) is 3. The highest BCUT2D eigenvalue weighted by molar-refractivity contribution is 5.88. The van der Waals surface area contributed by atoms with E-state index in [2.05, 4.69) is 29.8 Å². The molecule has 4 unspecified atom stereocenters. The molecule has 1 aromatic carbocycles. The van der Waals surface area contributed by atoms with E-state index < -0.39 is 0 Å². The van der Waals surface area contributed by atoms with E-state index in [0.29, 0.717) is 18.5 Å². The second kappa shape index (κ2) is 5.96. The topological polar surface area (TPSA) is 53.2 Å². The zero-order valence-electron chi connectivity index (χ0n) is 12.9. The van der Waals surface area contributed by atoms with Crippen LogP contribution in [0.1, 0.15) is 33.1 Å². The number of rotatable bonds is 2. The Balaban J connectivity index is 1.59. The van der Waals surface area contributed by atoms with Crippen molar-refractivity contribution in [2.24, 2.45) is 11.8 Å². The van der Waals surface area contributed by atoms with Crippen LogP contribution >= 0.6 is 0 Å². The molecule has 0 saturated heterocycles. The number of hydrogen-bond acceptors (Lipinski definition) is 3. The van der Waals surface area contributed by atoms with Crippen molar-refractivity contribution in [2.45, 2.75) is 45.2 Å². The third-order valence-corrected chi connectivity index (χ3v) is 4.83. The molecule has 4 nitrogen and oxygen atoms in total. The van der Waals surface area contributed by atoms with Gasteiger partial charge in [0.05, 0.1) is 11.4 Å². The van der Waals surface area contributed by atoms with E-state index in [1.165, 1.54) is 12.8 Å². The molecule has 1 aromatic rings. The van der Waals surface area contributed by atoms with Gasteiger partial charge in [0.1, 0.15) is 6.04 Å². The third-order valence-electron chi connectivity index (χ3n) is 4.83. The second-order valence-corrected chi connectivity index (χ2v) is 6.63. The fourth-order valence-electron chi connectivity index (χ4n) is 3.54. The lowest BCUT2D eigenvalue weighted by molar-refractivity contribution is -0.123. The Kier molecular flexibility index (Phi) is 4.04. The maximum atomic E-state index is 12.5. The zero-order valence-corrected chi connectivity index (χ0v) is 12.9. The monoisotopic (exact) mass is 287 g/mol. The van der Waals surface area contributed by atoms with E-state index in [-0.39, 0.29) is 11.9 Å². The SMILES string of the molecule is CC1CCC(NC(=O)C2CNc3ccccc3N2)C(C)C1. The molecular weight excluding hydrogens is 262 g/mol. The normalized spacial score (nSPS) is 31.5. The number of benzene rings is 1. The van der Waals surface area contributed by atoms with Gasteiger partial charge in [-0.05, 0) is 43.2 Å². The van der Waals surface area contributed by atoms with Crippen LogP contribution in [0.5, 0.6) is 0 Å². The number of fused-ring (bicyclic) bond motifs is 1. The Morgan fingerprint density at radius 2 is 1.95 bits per heavy atom. The van der Waals surface area contributed by atoms with E-state index in [9.17, 15) is 4.79 Å². The minimum Gasteiger partial charge on any atom is -0.381 e. The Bertz CT molecular complexity index is 517. The summed E-state index contributed by atoms with van der Waals surface area (Å²) in [5, 5.41) is 9.91. The van der Waals surface area contributed by atoms with Gasteiger partial charge in [-0.25, -0.2) is 0 Å². The van der Waals surface area contributed by atoms with Crippen molar-refractivity contribution in [3.63, 3.8) is 0 Å². The van der Waals surface area contributed by atoms with Crippen LogP contribution in [0.2, 0.25) is 0 Å². The predicted molar refractivity (Wildman–Crippen MR) is 86.5 cm³/mol. The van der Waals surface area contributed by atoms with Crippen molar-refractivity contribution in [1.82, 2.24) is 5.32 Å². The summed E-state index contributed by atoms with van der Waals surface area (Å²) in [6.45, 7) is 5.20. The van der Waals surface area contributed by atoms with E-state index in [4.69, 9.17) is 0 Å². The summed E-state index contributed by atoms with van der Waals surface area (Å²) >= 11 is 0. The summed E-state index contributed by atoms with van der Waals surface area (Å²) in [6.07, 6.45) is 3.53. The highest BCUT2D eigenvalue weighted by atomic mass is 16.2. The Morgan fingerprint density at radius 1 is 1.19 bits per heavy atom. The Hall–Kier alpha value is -1.71. The molecule has 1 amide bonds. The maximum absolute atomic E-state index is 12.5. The lowest BCUT2D eigenvalue weighted by Gasteiger charge is -2.35. The van der Waals surface area contributed by atoms with Crippen LogP contribution in [0.4, 0.5) is 11.4 Å². The minimum atomic E-state index is -0.188. The molecule has 0 bridgehead atoms. The number of hydrogen-bond donors (Lipinski definition) is 3. The molecule has 1 saturated carbocycles. The van der Waals surface area contributed by atoms with Gasteiger partial charge in [-0.15, -0.1) is 0 Å². The van der Waals surface area contributed by atoms with Gasteiger partial charge in [-0.2, -0.15) is 0 Å². The highest BCUT2D eigenvalue weighted by Crippen LogP contribution is 2.29. The third kappa shape index (κ3) is 3.14. The smallest absolute Gasteiger partial charge is 0.244 e. The Morgan fingerprint density at radius 3 is 2.71 bits per heavy atom. The van der Waals surface area contributed by atoms with E-state index in [1.54, 1.807) is 0 Å². The first-order valence-electron chi connectivity index (χ1n) is 8.03. The van der Waals surface area contributed by atoms with Crippen molar-refractivity contribution in [3.8, 4) is 0 Å². The molecule has 3 rings (SSSR count). The molecule has 1 fully saturated rings. The molecule has 0 aromatic heterocycles. The molecule has 21 heavy (non-hydrogen) atoms. The average Bonchev–Trinajstić information content (AvgIpc) is 2.49. The maximum Gasteiger partial charge on any atom is 0.244 e. The molecule has 0 spiro atoms. The molecule has 114 valence electrons. The van der Waals surface area contributed by atoms with E-state index in [1.807, 2.05) is 24.3 Å². The second-order valence-electron chi connectivity index (χ2n) is 6.63. The lowest BCUT2D eigenvalue weighted by atomic mass is 9.80. The van der Waals surface area contributed by atoms with Crippen molar-refractivity contribution in [1.29, 1.82) is 0 Å². The summed E-state index contributed by atoms with van der Waals surface area (Å²) in [5.41, 5.74) is 2.08. The van der Waals surface area contributed by atoms with Crippen molar-refractivity contribution in [2.75, 3.05) is 17.2 Å². The molecule has 4 atom stereocenters. The van der Waals surface area contributed by atoms with E-state index >= 15 is 0 Å². The Labute approximate surface area is 126 Å². The van der Waals surface area contributed by atoms with Crippen molar-refractivity contribution < 1.29 is 4.79 Å². The first-order chi connectivity index (χ1) is 10.1. The zero-order chi connectivity index (χ0) is 14.8. The number of amides is 1. The van der Waals surface area contributed by atoms with Crippen LogP contribution in [-0.2, 0) is 4.79 Å². The quantitative estimate of drug-likeness (QED) is 0.784. The predicted octanol–water partition coefficient (Wildman–Crippen LogP) is 2.83. The van der Waals surface area contributed by atoms with Gasteiger partial charge in [0.15, 0.2) is 0 Å². The number of para-hydroxylation sites is 2. The lowest BCUT2D eigenvalue weighted by Crippen LogP contribution is -2.51. The average molecular weight is 287 g/mol. The van der Waals surface area contributed by atoms with Crippen molar-refractivity contribution in [3.05, 3.63) is 24.3 Å². The van der Waals surface area contributed by atoms with Gasteiger partial charge in [0.2, 0.25) is 5.91 Å². The summed E-state index contributed by atoms with van der Waals surface area (Å²) < 4.78 is 0. The number of carbonyl (C=O) groups is 1. The van der Waals surface area contributed by atoms with Crippen LogP contribution < -0.4 is 16.0 Å². The molecule has 1 aliphatic heterocycles. The summed E-state index contributed by atoms with van der Waals surface area (Å²) in [5.74, 6) is 1.47. The first kappa shape index (κ1) is 14.2. The number of carbonyl (C=O) groups excluding carboxylic acids is 1. The molecule has 3 N–H and O–H groups in total. The van der Waals surface area contributed by atoms with Crippen molar-refractivity contribution >= 4 is 17.3 Å². The molecule has 1 heterocycles. The fourth-order valence-corrected chi connectivity index (χ4v) is 3.54. The van der Waals surface area contributed by atoms with Gasteiger partial charge in [-0.3, -0.25) is 4.79 Å². The fraction of sp³-hybridized carbons (Fsp3) is 0.588. The van der Waals surface area contributed by atoms with Crippen LogP contribution in [-0.4, -0.2) is 24.5 Å². The largest absolute Gasteiger partial charge is 0.381 e. The molecule has 1 aliphatic carbocycles. The number of anilines is 2. The summed E-state index contributed by atoms with van der Waals surface area (Å²) in [4.78, 5) is 12.5. The molecule has 0 radical (unpaired) electrons. The van der Waals surface area contributed by atoms with Gasteiger partial charge >= 0.3 is 0 Å². The standard InChI is InChI=1S/C17H25N3O/c1-11-7-8-13(12(2)9-11)20-17(21)16-10-18-14-5-3-4-6-15(14)19-16/h3-6,11-13,16,18-19H,7-10H2,1-2H3,(H,20,21). The first-order valence-corrected chi connectivity index (χ1v) is 8.03. The van der Waals surface area contributed by atoms with Crippen LogP contribution in [0, 0.1) is 11.8 Å². The van der Waals surface area contributed by atoms with Gasteiger partial charge < -0.3 is 16.0 Å². The van der Waals surface area contributed by atoms with Crippen LogP contribution in [0.3, 0.4) is 0 Å². The summed E-state index contributed by atoms with van der Waals surface area (Å²) in [6, 6.07) is 8.16. The van der Waals surface area contributed by atoms with Gasteiger partial charge in [-0.1, -0.05) is 26.0 Å². The summed E-state index contributed by atoms with van der Waals surface area (Å²) in [7, 11) is 0. The molecular formula is C17H25N3O.